The van der Waals surface area contributed by atoms with Crippen LogP contribution >= 0.6 is 11.6 Å². The zero-order chi connectivity index (χ0) is 16.5. The molecule has 1 fully saturated rings. The molecule has 1 aromatic rings. The second kappa shape index (κ2) is 6.18. The first kappa shape index (κ1) is 17.2. The summed E-state index contributed by atoms with van der Waals surface area (Å²) in [6, 6.07) is 4.28. The van der Waals surface area contributed by atoms with E-state index < -0.39 is 15.6 Å². The summed E-state index contributed by atoms with van der Waals surface area (Å²) < 4.78 is 27.3. The van der Waals surface area contributed by atoms with Crippen LogP contribution in [0.25, 0.3) is 0 Å². The van der Waals surface area contributed by atoms with Crippen LogP contribution in [0.3, 0.4) is 0 Å². The number of carbonyl (C=O) groups is 1. The maximum atomic E-state index is 12.4. The second-order valence-corrected chi connectivity index (χ2v) is 8.71. The molecule has 0 aliphatic heterocycles. The van der Waals surface area contributed by atoms with Gasteiger partial charge in [-0.15, -0.1) is 0 Å². The van der Waals surface area contributed by atoms with E-state index in [2.05, 4.69) is 10.0 Å². The third kappa shape index (κ3) is 4.69. The average molecular weight is 345 g/mol. The van der Waals surface area contributed by atoms with Crippen LogP contribution in [0.4, 0.5) is 0 Å². The van der Waals surface area contributed by atoms with E-state index in [1.807, 2.05) is 0 Å². The molecule has 2 N–H and O–H groups in total. The van der Waals surface area contributed by atoms with Gasteiger partial charge >= 0.3 is 0 Å². The van der Waals surface area contributed by atoms with E-state index in [1.54, 1.807) is 20.8 Å². The highest BCUT2D eigenvalue weighted by Crippen LogP contribution is 2.28. The van der Waals surface area contributed by atoms with Gasteiger partial charge in [-0.05, 0) is 57.7 Å². The molecule has 1 aliphatic carbocycles. The number of benzene rings is 1. The summed E-state index contributed by atoms with van der Waals surface area (Å²) in [5.74, 6) is 0.276. The predicted molar refractivity (Wildman–Crippen MR) is 86.6 cm³/mol. The van der Waals surface area contributed by atoms with Gasteiger partial charge in [0.25, 0.3) is 5.91 Å². The van der Waals surface area contributed by atoms with Gasteiger partial charge < -0.3 is 5.32 Å². The van der Waals surface area contributed by atoms with E-state index in [-0.39, 0.29) is 15.8 Å². The Kier molecular flexibility index (Phi) is 4.84. The molecule has 122 valence electrons. The minimum atomic E-state index is -3.79. The van der Waals surface area contributed by atoms with Crippen LogP contribution in [0.1, 0.15) is 44.0 Å². The molecule has 0 heterocycles. The van der Waals surface area contributed by atoms with Crippen LogP contribution in [-0.2, 0) is 10.0 Å². The maximum absolute atomic E-state index is 12.4. The molecule has 0 aromatic heterocycles. The monoisotopic (exact) mass is 344 g/mol. The van der Waals surface area contributed by atoms with Gasteiger partial charge in [0.2, 0.25) is 10.0 Å². The minimum absolute atomic E-state index is 0.0804. The van der Waals surface area contributed by atoms with E-state index in [0.717, 1.165) is 12.8 Å². The first-order chi connectivity index (χ1) is 10.1. The van der Waals surface area contributed by atoms with Crippen molar-refractivity contribution < 1.29 is 13.2 Å². The molecular formula is C15H21ClN2O3S. The molecule has 1 saturated carbocycles. The van der Waals surface area contributed by atoms with Crippen molar-refractivity contribution in [3.05, 3.63) is 28.8 Å². The lowest BCUT2D eigenvalue weighted by Crippen LogP contribution is -2.40. The van der Waals surface area contributed by atoms with Crippen molar-refractivity contribution in [2.75, 3.05) is 6.54 Å². The Morgan fingerprint density at radius 2 is 1.95 bits per heavy atom. The fourth-order valence-corrected chi connectivity index (χ4v) is 3.91. The minimum Gasteiger partial charge on any atom is -0.352 e. The van der Waals surface area contributed by atoms with Gasteiger partial charge in [-0.25, -0.2) is 13.1 Å². The molecule has 1 aliphatic rings. The standard InChI is InChI=1S/C15H21ClN2O3S/c1-15(2,3)18-22(20,21)13-8-11(6-7-12(13)16)14(19)17-9-10-4-5-10/h6-8,10,18H,4-5,9H2,1-3H3,(H,17,19). The average Bonchev–Trinajstić information content (AvgIpc) is 3.17. The first-order valence-electron chi connectivity index (χ1n) is 7.20. The number of hydrogen-bond donors (Lipinski definition) is 2. The van der Waals surface area contributed by atoms with E-state index in [1.165, 1.54) is 18.2 Å². The Labute approximate surface area is 136 Å². The van der Waals surface area contributed by atoms with Crippen molar-refractivity contribution in [3.63, 3.8) is 0 Å². The van der Waals surface area contributed by atoms with Gasteiger partial charge in [0, 0.05) is 17.6 Å². The Balaban J connectivity index is 2.23. The lowest BCUT2D eigenvalue weighted by molar-refractivity contribution is 0.0951. The molecule has 5 nitrogen and oxygen atoms in total. The number of rotatable bonds is 5. The number of sulfonamides is 1. The molecule has 2 rings (SSSR count). The van der Waals surface area contributed by atoms with Gasteiger partial charge in [0.1, 0.15) is 4.90 Å². The van der Waals surface area contributed by atoms with E-state index in [4.69, 9.17) is 11.6 Å². The Morgan fingerprint density at radius 3 is 2.50 bits per heavy atom. The van der Waals surface area contributed by atoms with Crippen molar-refractivity contribution in [3.8, 4) is 0 Å². The molecule has 1 aromatic carbocycles. The highest BCUT2D eigenvalue weighted by atomic mass is 35.5. The zero-order valence-electron chi connectivity index (χ0n) is 12.9. The SMILES string of the molecule is CC(C)(C)NS(=O)(=O)c1cc(C(=O)NCC2CC2)ccc1Cl. The van der Waals surface area contributed by atoms with Gasteiger partial charge in [-0.3, -0.25) is 4.79 Å². The van der Waals surface area contributed by atoms with Crippen molar-refractivity contribution in [2.45, 2.75) is 44.0 Å². The van der Waals surface area contributed by atoms with Gasteiger partial charge in [0.05, 0.1) is 5.02 Å². The van der Waals surface area contributed by atoms with Gasteiger partial charge in [0.15, 0.2) is 0 Å². The van der Waals surface area contributed by atoms with E-state index in [0.29, 0.717) is 18.0 Å². The number of halogens is 1. The number of hydrogen-bond acceptors (Lipinski definition) is 3. The second-order valence-electron chi connectivity index (χ2n) is 6.65. The largest absolute Gasteiger partial charge is 0.352 e. The highest BCUT2D eigenvalue weighted by molar-refractivity contribution is 7.89. The number of nitrogens with one attached hydrogen (secondary N) is 2. The highest BCUT2D eigenvalue weighted by Gasteiger charge is 2.26. The van der Waals surface area contributed by atoms with Crippen LogP contribution in [0, 0.1) is 5.92 Å². The molecule has 0 atom stereocenters. The number of carbonyl (C=O) groups excluding carboxylic acids is 1. The summed E-state index contributed by atoms with van der Waals surface area (Å²) in [4.78, 5) is 12.0. The molecule has 0 bridgehead atoms. The van der Waals surface area contributed by atoms with Gasteiger partial charge in [-0.1, -0.05) is 11.6 Å². The van der Waals surface area contributed by atoms with Crippen LogP contribution in [-0.4, -0.2) is 26.4 Å². The predicted octanol–water partition coefficient (Wildman–Crippen LogP) is 2.56. The summed E-state index contributed by atoms with van der Waals surface area (Å²) in [5.41, 5.74) is -0.341. The maximum Gasteiger partial charge on any atom is 0.251 e. The van der Waals surface area contributed by atoms with Crippen molar-refractivity contribution >= 4 is 27.5 Å². The van der Waals surface area contributed by atoms with Crippen LogP contribution in [0.15, 0.2) is 23.1 Å². The Hall–Kier alpha value is -1.11. The lowest BCUT2D eigenvalue weighted by atomic mass is 10.1. The fraction of sp³-hybridized carbons (Fsp3) is 0.533. The van der Waals surface area contributed by atoms with E-state index in [9.17, 15) is 13.2 Å². The van der Waals surface area contributed by atoms with Crippen molar-refractivity contribution in [2.24, 2.45) is 5.92 Å². The molecule has 0 saturated heterocycles. The third-order valence-electron chi connectivity index (χ3n) is 3.17. The summed E-state index contributed by atoms with van der Waals surface area (Å²) in [7, 11) is -3.79. The molecule has 0 unspecified atom stereocenters. The Bertz CT molecular complexity index is 677. The smallest absolute Gasteiger partial charge is 0.251 e. The van der Waals surface area contributed by atoms with Crippen LogP contribution < -0.4 is 10.0 Å². The van der Waals surface area contributed by atoms with Crippen LogP contribution in [0.5, 0.6) is 0 Å². The first-order valence-corrected chi connectivity index (χ1v) is 9.06. The molecule has 22 heavy (non-hydrogen) atoms. The van der Waals surface area contributed by atoms with E-state index >= 15 is 0 Å². The Morgan fingerprint density at radius 1 is 1.32 bits per heavy atom. The molecule has 0 radical (unpaired) electrons. The number of amides is 1. The van der Waals surface area contributed by atoms with Gasteiger partial charge in [-0.2, -0.15) is 0 Å². The van der Waals surface area contributed by atoms with Crippen molar-refractivity contribution in [1.82, 2.24) is 10.0 Å². The topological polar surface area (TPSA) is 75.3 Å². The van der Waals surface area contributed by atoms with Crippen molar-refractivity contribution in [1.29, 1.82) is 0 Å². The molecular weight excluding hydrogens is 324 g/mol. The quantitative estimate of drug-likeness (QED) is 0.862. The molecule has 7 heteroatoms. The summed E-state index contributed by atoms with van der Waals surface area (Å²) >= 11 is 6.00. The summed E-state index contributed by atoms with van der Waals surface area (Å²) in [5, 5.41) is 2.90. The third-order valence-corrected chi connectivity index (χ3v) is 5.41. The summed E-state index contributed by atoms with van der Waals surface area (Å²) in [6.07, 6.45) is 2.27. The fourth-order valence-electron chi connectivity index (χ4n) is 1.97. The summed E-state index contributed by atoms with van der Waals surface area (Å²) in [6.45, 7) is 5.85. The normalized spacial score (nSPS) is 15.6. The molecule has 1 amide bonds. The lowest BCUT2D eigenvalue weighted by Gasteiger charge is -2.21. The molecule has 0 spiro atoms. The van der Waals surface area contributed by atoms with Crippen LogP contribution in [0.2, 0.25) is 5.02 Å². The zero-order valence-corrected chi connectivity index (χ0v) is 14.5.